The number of hydrogen-bond acceptors (Lipinski definition) is 2. The molecule has 1 aromatic carbocycles. The highest BCUT2D eigenvalue weighted by Crippen LogP contribution is 2.21. The fourth-order valence-corrected chi connectivity index (χ4v) is 2.08. The molecule has 0 saturated heterocycles. The zero-order chi connectivity index (χ0) is 13.8. The second kappa shape index (κ2) is 6.04. The SMILES string of the molecule is CCN(C(=O)c1nc(Cl)ccc1Cl)c1ccccc1. The van der Waals surface area contributed by atoms with Crippen molar-refractivity contribution in [3.63, 3.8) is 0 Å². The third-order valence-electron chi connectivity index (χ3n) is 2.64. The van der Waals surface area contributed by atoms with Crippen molar-refractivity contribution in [1.29, 1.82) is 0 Å². The van der Waals surface area contributed by atoms with Gasteiger partial charge in [0.05, 0.1) is 5.02 Å². The second-order valence-electron chi connectivity index (χ2n) is 3.85. The predicted molar refractivity (Wildman–Crippen MR) is 78.0 cm³/mol. The third-order valence-corrected chi connectivity index (χ3v) is 3.16. The maximum absolute atomic E-state index is 12.5. The minimum Gasteiger partial charge on any atom is -0.307 e. The van der Waals surface area contributed by atoms with Crippen LogP contribution in [0, 0.1) is 0 Å². The summed E-state index contributed by atoms with van der Waals surface area (Å²) in [5.41, 5.74) is 0.965. The van der Waals surface area contributed by atoms with Crippen LogP contribution in [0.3, 0.4) is 0 Å². The van der Waals surface area contributed by atoms with Crippen LogP contribution in [0.4, 0.5) is 5.69 Å². The molecule has 1 aromatic heterocycles. The molecule has 2 aromatic rings. The topological polar surface area (TPSA) is 33.2 Å². The first-order valence-electron chi connectivity index (χ1n) is 5.82. The molecular weight excluding hydrogens is 283 g/mol. The summed E-state index contributed by atoms with van der Waals surface area (Å²) in [5, 5.41) is 0.542. The fourth-order valence-electron chi connectivity index (χ4n) is 1.75. The van der Waals surface area contributed by atoms with E-state index >= 15 is 0 Å². The molecule has 0 fully saturated rings. The van der Waals surface area contributed by atoms with Crippen LogP contribution in [0.5, 0.6) is 0 Å². The van der Waals surface area contributed by atoms with Gasteiger partial charge >= 0.3 is 0 Å². The Morgan fingerprint density at radius 3 is 2.47 bits per heavy atom. The van der Waals surface area contributed by atoms with Gasteiger partial charge in [-0.3, -0.25) is 4.79 Å². The summed E-state index contributed by atoms with van der Waals surface area (Å²) in [5.74, 6) is -0.263. The van der Waals surface area contributed by atoms with Crippen LogP contribution >= 0.6 is 23.2 Å². The second-order valence-corrected chi connectivity index (χ2v) is 4.64. The summed E-state index contributed by atoms with van der Waals surface area (Å²) in [6, 6.07) is 12.5. The zero-order valence-corrected chi connectivity index (χ0v) is 11.8. The Morgan fingerprint density at radius 1 is 1.16 bits per heavy atom. The average Bonchev–Trinajstić information content (AvgIpc) is 2.43. The van der Waals surface area contributed by atoms with Crippen LogP contribution in [0.25, 0.3) is 0 Å². The maximum Gasteiger partial charge on any atom is 0.278 e. The van der Waals surface area contributed by atoms with Gasteiger partial charge in [-0.25, -0.2) is 4.98 Å². The van der Waals surface area contributed by atoms with Crippen molar-refractivity contribution in [1.82, 2.24) is 4.98 Å². The van der Waals surface area contributed by atoms with Crippen molar-refractivity contribution in [3.8, 4) is 0 Å². The Kier molecular flexibility index (Phi) is 4.40. The van der Waals surface area contributed by atoms with Gasteiger partial charge in [0, 0.05) is 12.2 Å². The Morgan fingerprint density at radius 2 is 1.84 bits per heavy atom. The van der Waals surface area contributed by atoms with Gasteiger partial charge in [0.1, 0.15) is 10.8 Å². The molecule has 0 aliphatic heterocycles. The van der Waals surface area contributed by atoms with E-state index in [2.05, 4.69) is 4.98 Å². The summed E-state index contributed by atoms with van der Waals surface area (Å²) < 4.78 is 0. The number of carbonyl (C=O) groups is 1. The average molecular weight is 295 g/mol. The first-order chi connectivity index (χ1) is 9.13. The number of benzene rings is 1. The minimum atomic E-state index is -0.263. The van der Waals surface area contributed by atoms with E-state index in [1.54, 1.807) is 17.0 Å². The van der Waals surface area contributed by atoms with Crippen LogP contribution in [0.2, 0.25) is 10.2 Å². The molecule has 0 aliphatic carbocycles. The lowest BCUT2D eigenvalue weighted by Crippen LogP contribution is -2.31. The highest BCUT2D eigenvalue weighted by molar-refractivity contribution is 6.35. The lowest BCUT2D eigenvalue weighted by molar-refractivity contribution is 0.0983. The predicted octanol–water partition coefficient (Wildman–Crippen LogP) is 4.06. The van der Waals surface area contributed by atoms with Crippen LogP contribution in [0.1, 0.15) is 17.4 Å². The normalized spacial score (nSPS) is 10.3. The lowest BCUT2D eigenvalue weighted by atomic mass is 10.2. The van der Waals surface area contributed by atoms with Crippen LogP contribution in [-0.2, 0) is 0 Å². The van der Waals surface area contributed by atoms with E-state index in [0.717, 1.165) is 5.69 Å². The van der Waals surface area contributed by atoms with Gasteiger partial charge < -0.3 is 4.90 Å². The molecule has 98 valence electrons. The quantitative estimate of drug-likeness (QED) is 0.800. The van der Waals surface area contributed by atoms with E-state index in [-0.39, 0.29) is 16.8 Å². The van der Waals surface area contributed by atoms with E-state index in [1.165, 1.54) is 0 Å². The van der Waals surface area contributed by atoms with E-state index in [1.807, 2.05) is 37.3 Å². The van der Waals surface area contributed by atoms with Crippen molar-refractivity contribution in [2.75, 3.05) is 11.4 Å². The number of pyridine rings is 1. The Bertz CT molecular complexity index is 587. The number of anilines is 1. The molecule has 0 unspecified atom stereocenters. The highest BCUT2D eigenvalue weighted by Gasteiger charge is 2.20. The van der Waals surface area contributed by atoms with Gasteiger partial charge in [-0.1, -0.05) is 41.4 Å². The molecule has 19 heavy (non-hydrogen) atoms. The number of rotatable bonds is 3. The number of carbonyl (C=O) groups excluding carboxylic acids is 1. The smallest absolute Gasteiger partial charge is 0.278 e. The van der Waals surface area contributed by atoms with Crippen molar-refractivity contribution in [3.05, 3.63) is 58.3 Å². The summed E-state index contributed by atoms with van der Waals surface area (Å²) >= 11 is 11.8. The van der Waals surface area contributed by atoms with Gasteiger partial charge in [-0.2, -0.15) is 0 Å². The highest BCUT2D eigenvalue weighted by atomic mass is 35.5. The number of amides is 1. The molecule has 0 spiro atoms. The number of para-hydroxylation sites is 1. The first-order valence-corrected chi connectivity index (χ1v) is 6.58. The standard InChI is InChI=1S/C14H12Cl2N2O/c1-2-18(10-6-4-3-5-7-10)14(19)13-11(15)8-9-12(16)17-13/h3-9H,2H2,1H3. The van der Waals surface area contributed by atoms with E-state index in [4.69, 9.17) is 23.2 Å². The van der Waals surface area contributed by atoms with E-state index < -0.39 is 0 Å². The molecule has 1 amide bonds. The van der Waals surface area contributed by atoms with Crippen LogP contribution < -0.4 is 4.90 Å². The van der Waals surface area contributed by atoms with Gasteiger partial charge in [0.2, 0.25) is 0 Å². The number of nitrogens with zero attached hydrogens (tertiary/aromatic N) is 2. The molecule has 5 heteroatoms. The maximum atomic E-state index is 12.5. The summed E-state index contributed by atoms with van der Waals surface area (Å²) in [6.45, 7) is 2.41. The van der Waals surface area contributed by atoms with Crippen molar-refractivity contribution >= 4 is 34.8 Å². The minimum absolute atomic E-state index is 0.167. The largest absolute Gasteiger partial charge is 0.307 e. The van der Waals surface area contributed by atoms with Crippen molar-refractivity contribution < 1.29 is 4.79 Å². The summed E-state index contributed by atoms with van der Waals surface area (Å²) in [4.78, 5) is 18.1. The van der Waals surface area contributed by atoms with Crippen molar-refractivity contribution in [2.24, 2.45) is 0 Å². The Labute approximate surface area is 121 Å². The molecule has 0 N–H and O–H groups in total. The molecule has 0 saturated carbocycles. The van der Waals surface area contributed by atoms with E-state index in [9.17, 15) is 4.79 Å². The molecule has 1 heterocycles. The van der Waals surface area contributed by atoms with Crippen LogP contribution in [0.15, 0.2) is 42.5 Å². The van der Waals surface area contributed by atoms with Gasteiger partial charge in [0.25, 0.3) is 5.91 Å². The molecular formula is C14H12Cl2N2O. The monoisotopic (exact) mass is 294 g/mol. The molecule has 0 atom stereocenters. The molecule has 3 nitrogen and oxygen atoms in total. The van der Waals surface area contributed by atoms with Crippen molar-refractivity contribution in [2.45, 2.75) is 6.92 Å². The van der Waals surface area contributed by atoms with Gasteiger partial charge in [-0.15, -0.1) is 0 Å². The number of hydrogen-bond donors (Lipinski definition) is 0. The fraction of sp³-hybridized carbons (Fsp3) is 0.143. The van der Waals surface area contributed by atoms with Gasteiger partial charge in [0.15, 0.2) is 0 Å². The summed E-state index contributed by atoms with van der Waals surface area (Å²) in [6.07, 6.45) is 0. The number of halogens is 2. The molecule has 2 rings (SSSR count). The lowest BCUT2D eigenvalue weighted by Gasteiger charge is -2.21. The Balaban J connectivity index is 2.39. The summed E-state index contributed by atoms with van der Waals surface area (Å²) in [7, 11) is 0. The molecule has 0 bridgehead atoms. The molecule has 0 aliphatic rings. The molecule has 0 radical (unpaired) electrons. The van der Waals surface area contributed by atoms with Crippen LogP contribution in [-0.4, -0.2) is 17.4 Å². The van der Waals surface area contributed by atoms with Gasteiger partial charge in [-0.05, 0) is 31.2 Å². The first kappa shape index (κ1) is 13.8. The number of aromatic nitrogens is 1. The third kappa shape index (κ3) is 3.06. The van der Waals surface area contributed by atoms with E-state index in [0.29, 0.717) is 11.6 Å². The Hall–Kier alpha value is -1.58. The zero-order valence-electron chi connectivity index (χ0n) is 10.3.